The van der Waals surface area contributed by atoms with Gasteiger partial charge in [-0.1, -0.05) is 37.6 Å². The second-order valence-corrected chi connectivity index (χ2v) is 9.79. The average molecular weight is 553 g/mol. The van der Waals surface area contributed by atoms with Crippen LogP contribution in [-0.4, -0.2) is 22.3 Å². The topological polar surface area (TPSA) is 92.2 Å². The summed E-state index contributed by atoms with van der Waals surface area (Å²) in [5.74, 6) is -2.67. The minimum absolute atomic E-state index is 0.0976. The number of carbonyl (C=O) groups excluding carboxylic acids is 3. The second kappa shape index (κ2) is 11.7. The van der Waals surface area contributed by atoms with Crippen molar-refractivity contribution in [2.24, 2.45) is 13.0 Å². The maximum absolute atomic E-state index is 13.9. The summed E-state index contributed by atoms with van der Waals surface area (Å²) in [6, 6.07) is 15.3. The molecule has 3 N–H and O–H groups in total. The monoisotopic (exact) mass is 552 g/mol. The maximum atomic E-state index is 13.9. The fraction of sp³-hybridized carbons (Fsp3) is 0.207. The van der Waals surface area contributed by atoms with Gasteiger partial charge in [-0.15, -0.1) is 0 Å². The molecule has 0 aliphatic heterocycles. The number of hydrogen-bond donors (Lipinski definition) is 3. The predicted molar refractivity (Wildman–Crippen MR) is 147 cm³/mol. The number of carbonyl (C=O) groups is 3. The van der Waals surface area contributed by atoms with E-state index in [4.69, 9.17) is 11.6 Å². The number of aromatic nitrogens is 1. The van der Waals surface area contributed by atoms with Crippen LogP contribution in [0.5, 0.6) is 0 Å². The molecule has 0 aliphatic carbocycles. The summed E-state index contributed by atoms with van der Waals surface area (Å²) in [6.07, 6.45) is 0. The Balaban J connectivity index is 1.49. The van der Waals surface area contributed by atoms with Gasteiger partial charge in [-0.3, -0.25) is 14.4 Å². The lowest BCUT2D eigenvalue weighted by Crippen LogP contribution is -2.27. The number of nitrogens with zero attached hydrogens (tertiary/aromatic N) is 1. The number of fused-ring (bicyclic) bond motifs is 1. The molecule has 3 amide bonds. The first-order valence-corrected chi connectivity index (χ1v) is 12.6. The van der Waals surface area contributed by atoms with Crippen LogP contribution in [0.2, 0.25) is 5.02 Å². The van der Waals surface area contributed by atoms with E-state index in [2.05, 4.69) is 16.0 Å². The Morgan fingerprint density at radius 2 is 1.62 bits per heavy atom. The van der Waals surface area contributed by atoms with Gasteiger partial charge in [-0.25, -0.2) is 8.78 Å². The highest BCUT2D eigenvalue weighted by atomic mass is 35.5. The van der Waals surface area contributed by atoms with E-state index in [0.717, 1.165) is 23.2 Å². The first kappa shape index (κ1) is 27.8. The van der Waals surface area contributed by atoms with Crippen LogP contribution in [0.3, 0.4) is 0 Å². The molecule has 10 heteroatoms. The molecule has 1 heterocycles. The molecule has 0 aliphatic rings. The lowest BCUT2D eigenvalue weighted by Gasteiger charge is -2.11. The minimum atomic E-state index is -0.737. The summed E-state index contributed by atoms with van der Waals surface area (Å²) < 4.78 is 29.5. The summed E-state index contributed by atoms with van der Waals surface area (Å²) in [7, 11) is 1.70. The zero-order valence-corrected chi connectivity index (χ0v) is 22.3. The molecule has 0 saturated heterocycles. The Hall–Kier alpha value is -4.24. The number of hydrogen-bond acceptors (Lipinski definition) is 3. The molecule has 202 valence electrons. The van der Waals surface area contributed by atoms with Crippen molar-refractivity contribution in [2.75, 3.05) is 5.32 Å². The molecule has 0 bridgehead atoms. The van der Waals surface area contributed by atoms with Crippen molar-refractivity contribution in [3.8, 4) is 0 Å². The number of benzene rings is 3. The highest BCUT2D eigenvalue weighted by Gasteiger charge is 2.17. The van der Waals surface area contributed by atoms with Crippen LogP contribution in [-0.2, 0) is 24.9 Å². The standard InChI is InChI=1S/C29H27ClF2N4O3/c1-16(2)27(37)33-14-17-7-9-22(30)20(11-17)28(38)35-19-8-10-25-18(12-19)13-26(36(25)3)29(39)34-15-21-23(31)5-4-6-24(21)32/h4-13,16H,14-15H2,1-3H3,(H,33,37)(H,34,39)(H,35,38). The van der Waals surface area contributed by atoms with Crippen molar-refractivity contribution in [1.29, 1.82) is 0 Å². The Labute approximate surface area is 229 Å². The van der Waals surface area contributed by atoms with E-state index in [1.807, 2.05) is 0 Å². The number of nitrogens with one attached hydrogen (secondary N) is 3. The Morgan fingerprint density at radius 1 is 0.897 bits per heavy atom. The zero-order valence-electron chi connectivity index (χ0n) is 21.6. The van der Waals surface area contributed by atoms with E-state index < -0.39 is 23.4 Å². The molecule has 0 fully saturated rings. The zero-order chi connectivity index (χ0) is 28.3. The van der Waals surface area contributed by atoms with Gasteiger partial charge in [0, 0.05) is 48.2 Å². The molecule has 39 heavy (non-hydrogen) atoms. The molecule has 7 nitrogen and oxygen atoms in total. The van der Waals surface area contributed by atoms with Crippen molar-refractivity contribution in [3.63, 3.8) is 0 Å². The normalized spacial score (nSPS) is 11.1. The van der Waals surface area contributed by atoms with Crippen molar-refractivity contribution in [1.82, 2.24) is 15.2 Å². The SMILES string of the molecule is CC(C)C(=O)NCc1ccc(Cl)c(C(=O)Nc2ccc3c(c2)cc(C(=O)NCc2c(F)cccc2F)n3C)c1. The van der Waals surface area contributed by atoms with Crippen LogP contribution in [0.4, 0.5) is 14.5 Å². The van der Waals surface area contributed by atoms with Crippen LogP contribution >= 0.6 is 11.6 Å². The molecular weight excluding hydrogens is 526 g/mol. The van der Waals surface area contributed by atoms with Gasteiger partial charge in [0.05, 0.1) is 10.6 Å². The van der Waals surface area contributed by atoms with Gasteiger partial charge in [0.15, 0.2) is 0 Å². The Morgan fingerprint density at radius 3 is 2.31 bits per heavy atom. The van der Waals surface area contributed by atoms with Crippen LogP contribution in [0, 0.1) is 17.6 Å². The number of halogens is 3. The Bertz CT molecular complexity index is 1560. The smallest absolute Gasteiger partial charge is 0.268 e. The van der Waals surface area contributed by atoms with Crippen molar-refractivity contribution in [2.45, 2.75) is 26.9 Å². The molecule has 1 aromatic heterocycles. The summed E-state index contributed by atoms with van der Waals surface area (Å²) in [5.41, 5.74) is 2.23. The lowest BCUT2D eigenvalue weighted by atomic mass is 10.1. The van der Waals surface area contributed by atoms with E-state index >= 15 is 0 Å². The summed E-state index contributed by atoms with van der Waals surface area (Å²) >= 11 is 6.28. The van der Waals surface area contributed by atoms with Crippen LogP contribution in [0.25, 0.3) is 10.9 Å². The van der Waals surface area contributed by atoms with Crippen molar-refractivity contribution < 1.29 is 23.2 Å². The number of amides is 3. The molecule has 0 unspecified atom stereocenters. The Kier molecular flexibility index (Phi) is 8.30. The van der Waals surface area contributed by atoms with E-state index in [0.29, 0.717) is 11.1 Å². The maximum Gasteiger partial charge on any atom is 0.268 e. The van der Waals surface area contributed by atoms with Crippen molar-refractivity contribution in [3.05, 3.63) is 99.7 Å². The van der Waals surface area contributed by atoms with E-state index in [9.17, 15) is 23.2 Å². The highest BCUT2D eigenvalue weighted by molar-refractivity contribution is 6.34. The van der Waals surface area contributed by atoms with E-state index in [1.165, 1.54) is 6.07 Å². The first-order valence-electron chi connectivity index (χ1n) is 12.2. The van der Waals surface area contributed by atoms with Crippen LogP contribution in [0.1, 0.15) is 45.8 Å². The molecule has 3 aromatic carbocycles. The van der Waals surface area contributed by atoms with Gasteiger partial charge in [0.1, 0.15) is 17.3 Å². The number of aryl methyl sites for hydroxylation is 1. The number of anilines is 1. The summed E-state index contributed by atoms with van der Waals surface area (Å²) in [6.45, 7) is 3.55. The largest absolute Gasteiger partial charge is 0.352 e. The summed E-state index contributed by atoms with van der Waals surface area (Å²) in [4.78, 5) is 37.7. The quantitative estimate of drug-likeness (QED) is 0.267. The third-order valence-electron chi connectivity index (χ3n) is 6.29. The third-order valence-corrected chi connectivity index (χ3v) is 6.62. The van der Waals surface area contributed by atoms with Gasteiger partial charge in [0.2, 0.25) is 5.91 Å². The molecule has 0 radical (unpaired) electrons. The summed E-state index contributed by atoms with van der Waals surface area (Å²) in [5, 5.41) is 9.11. The van der Waals surface area contributed by atoms with Crippen molar-refractivity contribution >= 4 is 45.9 Å². The molecule has 0 spiro atoms. The van der Waals surface area contributed by atoms with E-state index in [1.54, 1.807) is 67.9 Å². The highest BCUT2D eigenvalue weighted by Crippen LogP contribution is 2.25. The average Bonchev–Trinajstić information content (AvgIpc) is 3.23. The molecule has 4 rings (SSSR count). The van der Waals surface area contributed by atoms with Crippen LogP contribution in [0.15, 0.2) is 60.7 Å². The van der Waals surface area contributed by atoms with Gasteiger partial charge in [0.25, 0.3) is 11.8 Å². The van der Waals surface area contributed by atoms with Gasteiger partial charge >= 0.3 is 0 Å². The molecule has 0 saturated carbocycles. The predicted octanol–water partition coefficient (Wildman–Crippen LogP) is 5.56. The van der Waals surface area contributed by atoms with E-state index in [-0.39, 0.29) is 46.8 Å². The lowest BCUT2D eigenvalue weighted by molar-refractivity contribution is -0.124. The fourth-order valence-electron chi connectivity index (χ4n) is 4.05. The minimum Gasteiger partial charge on any atom is -0.352 e. The fourth-order valence-corrected chi connectivity index (χ4v) is 4.26. The van der Waals surface area contributed by atoms with Gasteiger partial charge in [-0.2, -0.15) is 0 Å². The third kappa shape index (κ3) is 6.26. The van der Waals surface area contributed by atoms with Gasteiger partial charge < -0.3 is 20.5 Å². The van der Waals surface area contributed by atoms with Gasteiger partial charge in [-0.05, 0) is 54.1 Å². The number of rotatable bonds is 8. The molecule has 4 aromatic rings. The van der Waals surface area contributed by atoms with Crippen LogP contribution < -0.4 is 16.0 Å². The molecule has 0 atom stereocenters. The first-order chi connectivity index (χ1) is 18.5. The molecular formula is C29H27ClF2N4O3. The second-order valence-electron chi connectivity index (χ2n) is 9.39.